The third-order valence-corrected chi connectivity index (χ3v) is 3.33. The maximum absolute atomic E-state index is 3.80. The molecule has 0 aliphatic rings. The smallest absolute Gasteiger partial charge is 0.0325 e. The van der Waals surface area contributed by atoms with Crippen molar-refractivity contribution in [1.29, 1.82) is 0 Å². The predicted octanol–water partition coefficient (Wildman–Crippen LogP) is 4.55. The zero-order valence-electron chi connectivity index (χ0n) is 11.7. The summed E-state index contributed by atoms with van der Waals surface area (Å²) in [5.41, 5.74) is 1.42. The Balaban J connectivity index is 2.73. The first-order chi connectivity index (χ1) is 8.17. The van der Waals surface area contributed by atoms with Crippen LogP contribution in [0.1, 0.15) is 58.6 Å². The summed E-state index contributed by atoms with van der Waals surface area (Å²) >= 11 is 0. The summed E-state index contributed by atoms with van der Waals surface area (Å²) in [6.07, 6.45) is 3.62. The minimum atomic E-state index is 0.501. The van der Waals surface area contributed by atoms with Crippen molar-refractivity contribution in [2.45, 2.75) is 59.0 Å². The Labute approximate surface area is 107 Å². The SMILES string of the molecule is CCC(CC)NC(CC(C)C)c1ccccc1. The molecular formula is C16H27N. The van der Waals surface area contributed by atoms with Crippen LogP contribution in [0.25, 0.3) is 0 Å². The molecule has 96 valence electrons. The fourth-order valence-corrected chi connectivity index (χ4v) is 2.27. The van der Waals surface area contributed by atoms with E-state index in [1.54, 1.807) is 0 Å². The number of nitrogens with one attached hydrogen (secondary N) is 1. The maximum atomic E-state index is 3.80. The summed E-state index contributed by atoms with van der Waals surface area (Å²) in [6, 6.07) is 12.0. The van der Waals surface area contributed by atoms with Gasteiger partial charge in [-0.25, -0.2) is 0 Å². The fraction of sp³-hybridized carbons (Fsp3) is 0.625. The first kappa shape index (κ1) is 14.2. The van der Waals surface area contributed by atoms with Crippen LogP contribution in [-0.2, 0) is 0 Å². The fourth-order valence-electron chi connectivity index (χ4n) is 2.27. The molecule has 0 saturated heterocycles. The zero-order valence-corrected chi connectivity index (χ0v) is 11.7. The third-order valence-electron chi connectivity index (χ3n) is 3.33. The second-order valence-electron chi connectivity index (χ2n) is 5.27. The molecule has 0 aliphatic carbocycles. The van der Waals surface area contributed by atoms with Crippen LogP contribution in [0.5, 0.6) is 0 Å². The largest absolute Gasteiger partial charge is 0.307 e. The van der Waals surface area contributed by atoms with Gasteiger partial charge in [-0.15, -0.1) is 0 Å². The van der Waals surface area contributed by atoms with Crippen LogP contribution < -0.4 is 5.32 Å². The monoisotopic (exact) mass is 233 g/mol. The molecule has 1 rings (SSSR count). The Morgan fingerprint density at radius 1 is 1.00 bits per heavy atom. The van der Waals surface area contributed by atoms with Crippen LogP contribution in [0.3, 0.4) is 0 Å². The van der Waals surface area contributed by atoms with Gasteiger partial charge in [0.1, 0.15) is 0 Å². The van der Waals surface area contributed by atoms with Crippen molar-refractivity contribution >= 4 is 0 Å². The van der Waals surface area contributed by atoms with E-state index in [4.69, 9.17) is 0 Å². The minimum Gasteiger partial charge on any atom is -0.307 e. The molecule has 0 heterocycles. The molecule has 1 nitrogen and oxygen atoms in total. The Bertz CT molecular complexity index is 288. The van der Waals surface area contributed by atoms with E-state index in [9.17, 15) is 0 Å². The van der Waals surface area contributed by atoms with Crippen LogP contribution in [0.4, 0.5) is 0 Å². The van der Waals surface area contributed by atoms with E-state index in [1.165, 1.54) is 24.8 Å². The number of benzene rings is 1. The molecule has 1 atom stereocenters. The van der Waals surface area contributed by atoms with Gasteiger partial charge in [-0.1, -0.05) is 58.0 Å². The molecule has 0 bridgehead atoms. The van der Waals surface area contributed by atoms with Crippen LogP contribution in [-0.4, -0.2) is 6.04 Å². The highest BCUT2D eigenvalue weighted by Gasteiger charge is 2.15. The van der Waals surface area contributed by atoms with Gasteiger partial charge in [0.25, 0.3) is 0 Å². The average Bonchev–Trinajstić information content (AvgIpc) is 2.35. The predicted molar refractivity (Wildman–Crippen MR) is 76.1 cm³/mol. The minimum absolute atomic E-state index is 0.501. The molecule has 0 aromatic heterocycles. The lowest BCUT2D eigenvalue weighted by molar-refractivity contribution is 0.365. The Morgan fingerprint density at radius 2 is 1.59 bits per heavy atom. The summed E-state index contributed by atoms with van der Waals surface area (Å²) in [5, 5.41) is 3.80. The molecule has 0 fully saturated rings. The lowest BCUT2D eigenvalue weighted by Gasteiger charge is -2.26. The van der Waals surface area contributed by atoms with Gasteiger partial charge in [-0.05, 0) is 30.7 Å². The Kier molecular flexibility index (Phi) is 6.28. The van der Waals surface area contributed by atoms with Crippen molar-refractivity contribution in [3.05, 3.63) is 35.9 Å². The van der Waals surface area contributed by atoms with Gasteiger partial charge < -0.3 is 5.32 Å². The number of rotatable bonds is 7. The van der Waals surface area contributed by atoms with Gasteiger partial charge in [0.2, 0.25) is 0 Å². The van der Waals surface area contributed by atoms with Gasteiger partial charge in [0.05, 0.1) is 0 Å². The molecule has 0 saturated carbocycles. The Hall–Kier alpha value is -0.820. The molecule has 0 spiro atoms. The lowest BCUT2D eigenvalue weighted by Crippen LogP contribution is -2.32. The second kappa shape index (κ2) is 7.50. The molecule has 1 heteroatoms. The molecule has 1 N–H and O–H groups in total. The van der Waals surface area contributed by atoms with Crippen molar-refractivity contribution in [1.82, 2.24) is 5.32 Å². The molecule has 0 radical (unpaired) electrons. The highest BCUT2D eigenvalue weighted by atomic mass is 14.9. The standard InChI is InChI=1S/C16H27N/c1-5-15(6-2)17-16(12-13(3)4)14-10-8-7-9-11-14/h7-11,13,15-17H,5-6,12H2,1-4H3. The van der Waals surface area contributed by atoms with Crippen LogP contribution in [0.2, 0.25) is 0 Å². The van der Waals surface area contributed by atoms with Crippen LogP contribution in [0.15, 0.2) is 30.3 Å². The average molecular weight is 233 g/mol. The number of hydrogen-bond acceptors (Lipinski definition) is 1. The molecule has 0 aliphatic heterocycles. The van der Waals surface area contributed by atoms with E-state index in [1.807, 2.05) is 0 Å². The highest BCUT2D eigenvalue weighted by molar-refractivity contribution is 5.19. The molecule has 1 aromatic carbocycles. The topological polar surface area (TPSA) is 12.0 Å². The van der Waals surface area contributed by atoms with E-state index in [0.29, 0.717) is 12.1 Å². The summed E-state index contributed by atoms with van der Waals surface area (Å²) in [5.74, 6) is 0.724. The van der Waals surface area contributed by atoms with Gasteiger partial charge in [0, 0.05) is 12.1 Å². The number of hydrogen-bond donors (Lipinski definition) is 1. The maximum Gasteiger partial charge on any atom is 0.0325 e. The third kappa shape index (κ3) is 4.91. The lowest BCUT2D eigenvalue weighted by atomic mass is 9.95. The van der Waals surface area contributed by atoms with Gasteiger partial charge in [-0.3, -0.25) is 0 Å². The van der Waals surface area contributed by atoms with Crippen molar-refractivity contribution in [2.24, 2.45) is 5.92 Å². The van der Waals surface area contributed by atoms with E-state index in [2.05, 4.69) is 63.3 Å². The molecule has 1 aromatic rings. The first-order valence-corrected chi connectivity index (χ1v) is 6.98. The highest BCUT2D eigenvalue weighted by Crippen LogP contribution is 2.22. The second-order valence-corrected chi connectivity index (χ2v) is 5.27. The summed E-state index contributed by atoms with van der Waals surface area (Å²) in [4.78, 5) is 0. The van der Waals surface area contributed by atoms with Crippen molar-refractivity contribution in [3.63, 3.8) is 0 Å². The van der Waals surface area contributed by atoms with E-state index < -0.39 is 0 Å². The summed E-state index contributed by atoms with van der Waals surface area (Å²) in [6.45, 7) is 9.12. The van der Waals surface area contributed by atoms with E-state index >= 15 is 0 Å². The molecule has 17 heavy (non-hydrogen) atoms. The quantitative estimate of drug-likeness (QED) is 0.728. The normalized spacial score (nSPS) is 13.3. The molecule has 0 amide bonds. The van der Waals surface area contributed by atoms with Gasteiger partial charge in [-0.2, -0.15) is 0 Å². The van der Waals surface area contributed by atoms with Crippen molar-refractivity contribution in [3.8, 4) is 0 Å². The van der Waals surface area contributed by atoms with E-state index in [-0.39, 0.29) is 0 Å². The van der Waals surface area contributed by atoms with Crippen LogP contribution >= 0.6 is 0 Å². The van der Waals surface area contributed by atoms with Gasteiger partial charge >= 0.3 is 0 Å². The van der Waals surface area contributed by atoms with E-state index in [0.717, 1.165) is 5.92 Å². The molecule has 1 unspecified atom stereocenters. The summed E-state index contributed by atoms with van der Waals surface area (Å²) < 4.78 is 0. The zero-order chi connectivity index (χ0) is 12.7. The first-order valence-electron chi connectivity index (χ1n) is 6.98. The van der Waals surface area contributed by atoms with Crippen molar-refractivity contribution < 1.29 is 0 Å². The Morgan fingerprint density at radius 3 is 2.06 bits per heavy atom. The van der Waals surface area contributed by atoms with Crippen molar-refractivity contribution in [2.75, 3.05) is 0 Å². The summed E-state index contributed by atoms with van der Waals surface area (Å²) in [7, 11) is 0. The van der Waals surface area contributed by atoms with Gasteiger partial charge in [0.15, 0.2) is 0 Å². The van der Waals surface area contributed by atoms with Crippen LogP contribution in [0, 0.1) is 5.92 Å². The molecular weight excluding hydrogens is 206 g/mol.